The van der Waals surface area contributed by atoms with Gasteiger partial charge in [0, 0.05) is 10.5 Å². The van der Waals surface area contributed by atoms with Crippen molar-refractivity contribution in [3.63, 3.8) is 0 Å². The average Bonchev–Trinajstić information content (AvgIpc) is 2.60. The first kappa shape index (κ1) is 19.1. The molecule has 1 amide bonds. The standard InChI is InChI=1S/C19H22BrNO4/c1-12(2)11-25-17-7-5-13(20)9-15(17)19(22)21-16-10-14(23-3)6-8-18(16)24-4/h5-10,12H,11H2,1-4H3,(H,21,22). The summed E-state index contributed by atoms with van der Waals surface area (Å²) in [4.78, 5) is 12.8. The van der Waals surface area contributed by atoms with E-state index in [-0.39, 0.29) is 5.91 Å². The normalized spacial score (nSPS) is 10.5. The molecule has 0 atom stereocenters. The van der Waals surface area contributed by atoms with Crippen LogP contribution in [0.25, 0.3) is 0 Å². The first-order valence-electron chi connectivity index (χ1n) is 7.90. The van der Waals surface area contributed by atoms with E-state index in [0.717, 1.165) is 4.47 Å². The number of rotatable bonds is 7. The highest BCUT2D eigenvalue weighted by Gasteiger charge is 2.16. The zero-order chi connectivity index (χ0) is 18.4. The van der Waals surface area contributed by atoms with Gasteiger partial charge in [-0.2, -0.15) is 0 Å². The molecule has 2 aromatic carbocycles. The van der Waals surface area contributed by atoms with E-state index >= 15 is 0 Å². The lowest BCUT2D eigenvalue weighted by atomic mass is 10.1. The average molecular weight is 408 g/mol. The third-order valence-electron chi connectivity index (χ3n) is 3.41. The SMILES string of the molecule is COc1ccc(OC)c(NC(=O)c2cc(Br)ccc2OCC(C)C)c1. The summed E-state index contributed by atoms with van der Waals surface area (Å²) >= 11 is 3.40. The monoisotopic (exact) mass is 407 g/mol. The molecule has 0 heterocycles. The molecule has 0 unspecified atom stereocenters. The summed E-state index contributed by atoms with van der Waals surface area (Å²) in [6.07, 6.45) is 0. The highest BCUT2D eigenvalue weighted by Crippen LogP contribution is 2.31. The molecule has 5 nitrogen and oxygen atoms in total. The van der Waals surface area contributed by atoms with Gasteiger partial charge in [-0.05, 0) is 36.2 Å². The van der Waals surface area contributed by atoms with Gasteiger partial charge in [-0.25, -0.2) is 0 Å². The van der Waals surface area contributed by atoms with Crippen LogP contribution in [-0.2, 0) is 0 Å². The van der Waals surface area contributed by atoms with Crippen LogP contribution in [0.3, 0.4) is 0 Å². The minimum absolute atomic E-state index is 0.286. The molecule has 0 aliphatic rings. The van der Waals surface area contributed by atoms with Gasteiger partial charge in [-0.15, -0.1) is 0 Å². The molecule has 0 aliphatic carbocycles. The fourth-order valence-corrected chi connectivity index (χ4v) is 2.52. The van der Waals surface area contributed by atoms with E-state index in [9.17, 15) is 4.79 Å². The van der Waals surface area contributed by atoms with Crippen molar-refractivity contribution in [3.05, 3.63) is 46.4 Å². The summed E-state index contributed by atoms with van der Waals surface area (Å²) in [5, 5.41) is 2.86. The number of carbonyl (C=O) groups is 1. The predicted octanol–water partition coefficient (Wildman–Crippen LogP) is 4.75. The largest absolute Gasteiger partial charge is 0.497 e. The van der Waals surface area contributed by atoms with Gasteiger partial charge in [0.05, 0.1) is 32.1 Å². The van der Waals surface area contributed by atoms with Crippen molar-refractivity contribution in [2.75, 3.05) is 26.1 Å². The third-order valence-corrected chi connectivity index (χ3v) is 3.91. The summed E-state index contributed by atoms with van der Waals surface area (Å²) in [7, 11) is 3.12. The summed E-state index contributed by atoms with van der Waals surface area (Å²) in [6.45, 7) is 4.64. The van der Waals surface area contributed by atoms with Crippen molar-refractivity contribution in [1.82, 2.24) is 0 Å². The Balaban J connectivity index is 2.30. The Labute approximate surface area is 156 Å². The molecule has 0 saturated heterocycles. The fraction of sp³-hybridized carbons (Fsp3) is 0.316. The third kappa shape index (κ3) is 5.13. The van der Waals surface area contributed by atoms with Gasteiger partial charge in [-0.3, -0.25) is 4.79 Å². The molecular formula is C19H22BrNO4. The molecule has 1 N–H and O–H groups in total. The zero-order valence-electron chi connectivity index (χ0n) is 14.8. The molecule has 0 bridgehead atoms. The molecule has 0 aliphatic heterocycles. The van der Waals surface area contributed by atoms with Crippen molar-refractivity contribution < 1.29 is 19.0 Å². The van der Waals surface area contributed by atoms with Crippen molar-refractivity contribution >= 4 is 27.5 Å². The topological polar surface area (TPSA) is 56.8 Å². The highest BCUT2D eigenvalue weighted by atomic mass is 79.9. The van der Waals surface area contributed by atoms with Crippen LogP contribution in [0.4, 0.5) is 5.69 Å². The molecule has 6 heteroatoms. The number of benzene rings is 2. The Kier molecular flexibility index (Phi) is 6.70. The van der Waals surface area contributed by atoms with Crippen LogP contribution >= 0.6 is 15.9 Å². The van der Waals surface area contributed by atoms with Gasteiger partial charge in [0.15, 0.2) is 0 Å². The second-order valence-electron chi connectivity index (χ2n) is 5.87. The van der Waals surface area contributed by atoms with Crippen LogP contribution in [0.1, 0.15) is 24.2 Å². The van der Waals surface area contributed by atoms with E-state index in [1.807, 2.05) is 6.07 Å². The first-order valence-corrected chi connectivity index (χ1v) is 8.69. The molecular weight excluding hydrogens is 386 g/mol. The summed E-state index contributed by atoms with van der Waals surface area (Å²) in [6, 6.07) is 10.6. The van der Waals surface area contributed by atoms with Crippen LogP contribution in [0.15, 0.2) is 40.9 Å². The van der Waals surface area contributed by atoms with Crippen molar-refractivity contribution in [3.8, 4) is 17.2 Å². The van der Waals surface area contributed by atoms with Gasteiger partial charge in [0.25, 0.3) is 5.91 Å². The molecule has 2 rings (SSSR count). The minimum atomic E-state index is -0.286. The zero-order valence-corrected chi connectivity index (χ0v) is 16.3. The van der Waals surface area contributed by atoms with Gasteiger partial charge in [0.1, 0.15) is 17.2 Å². The van der Waals surface area contributed by atoms with Crippen LogP contribution in [0.5, 0.6) is 17.2 Å². The molecule has 0 aromatic heterocycles. The maximum Gasteiger partial charge on any atom is 0.259 e. The predicted molar refractivity (Wildman–Crippen MR) is 102 cm³/mol. The second kappa shape index (κ2) is 8.76. The lowest BCUT2D eigenvalue weighted by Crippen LogP contribution is -2.15. The Morgan fingerprint density at radius 2 is 1.80 bits per heavy atom. The Hall–Kier alpha value is -2.21. The molecule has 0 radical (unpaired) electrons. The van der Waals surface area contributed by atoms with Crippen LogP contribution in [0, 0.1) is 5.92 Å². The van der Waals surface area contributed by atoms with Gasteiger partial charge in [-0.1, -0.05) is 29.8 Å². The Morgan fingerprint density at radius 1 is 1.08 bits per heavy atom. The van der Waals surface area contributed by atoms with Gasteiger partial charge in [0.2, 0.25) is 0 Å². The fourth-order valence-electron chi connectivity index (χ4n) is 2.16. The number of hydrogen-bond donors (Lipinski definition) is 1. The van der Waals surface area contributed by atoms with E-state index in [4.69, 9.17) is 14.2 Å². The number of ether oxygens (including phenoxy) is 3. The number of halogens is 1. The van der Waals surface area contributed by atoms with Crippen molar-refractivity contribution in [2.45, 2.75) is 13.8 Å². The summed E-state index contributed by atoms with van der Waals surface area (Å²) < 4.78 is 17.1. The number of carbonyl (C=O) groups excluding carboxylic acids is 1. The number of amides is 1. The van der Waals surface area contributed by atoms with E-state index in [1.165, 1.54) is 0 Å². The second-order valence-corrected chi connectivity index (χ2v) is 6.78. The molecule has 0 fully saturated rings. The molecule has 0 saturated carbocycles. The van der Waals surface area contributed by atoms with E-state index in [0.29, 0.717) is 41.0 Å². The highest BCUT2D eigenvalue weighted by molar-refractivity contribution is 9.10. The van der Waals surface area contributed by atoms with Crippen molar-refractivity contribution in [2.24, 2.45) is 5.92 Å². The van der Waals surface area contributed by atoms with Gasteiger partial charge >= 0.3 is 0 Å². The number of nitrogens with one attached hydrogen (secondary N) is 1. The Morgan fingerprint density at radius 3 is 2.44 bits per heavy atom. The lowest BCUT2D eigenvalue weighted by Gasteiger charge is -2.15. The quantitative estimate of drug-likeness (QED) is 0.718. The summed E-state index contributed by atoms with van der Waals surface area (Å²) in [5.41, 5.74) is 0.974. The van der Waals surface area contributed by atoms with E-state index in [2.05, 4.69) is 35.1 Å². The Bertz CT molecular complexity index is 746. The first-order chi connectivity index (χ1) is 11.9. The smallest absolute Gasteiger partial charge is 0.259 e. The number of hydrogen-bond acceptors (Lipinski definition) is 4. The van der Waals surface area contributed by atoms with Crippen LogP contribution < -0.4 is 19.5 Å². The molecule has 0 spiro atoms. The maximum absolute atomic E-state index is 12.8. The lowest BCUT2D eigenvalue weighted by molar-refractivity contribution is 0.102. The minimum Gasteiger partial charge on any atom is -0.497 e. The number of methoxy groups -OCH3 is 2. The van der Waals surface area contributed by atoms with Gasteiger partial charge < -0.3 is 19.5 Å². The maximum atomic E-state index is 12.8. The molecule has 25 heavy (non-hydrogen) atoms. The van der Waals surface area contributed by atoms with Crippen LogP contribution in [0.2, 0.25) is 0 Å². The number of anilines is 1. The molecule has 2 aromatic rings. The van der Waals surface area contributed by atoms with Crippen molar-refractivity contribution in [1.29, 1.82) is 0 Å². The van der Waals surface area contributed by atoms with E-state index in [1.54, 1.807) is 44.6 Å². The molecule has 134 valence electrons. The van der Waals surface area contributed by atoms with E-state index < -0.39 is 0 Å². The van der Waals surface area contributed by atoms with Crippen LogP contribution in [-0.4, -0.2) is 26.7 Å². The summed E-state index contributed by atoms with van der Waals surface area (Å²) in [5.74, 6) is 1.79.